The van der Waals surface area contributed by atoms with Crippen molar-refractivity contribution in [2.45, 2.75) is 33.2 Å². The van der Waals surface area contributed by atoms with Crippen LogP contribution in [-0.4, -0.2) is 52.6 Å². The van der Waals surface area contributed by atoms with Gasteiger partial charge in [-0.15, -0.1) is 0 Å². The Morgan fingerprint density at radius 3 is 2.59 bits per heavy atom. The predicted octanol–water partition coefficient (Wildman–Crippen LogP) is 4.00. The number of methoxy groups -OCH3 is 1. The molecule has 178 valence electrons. The zero-order chi connectivity index (χ0) is 24.5. The van der Waals surface area contributed by atoms with Crippen LogP contribution in [0.15, 0.2) is 63.3 Å². The minimum Gasteiger partial charge on any atom is -0.497 e. The Hall–Kier alpha value is -3.33. The Kier molecular flexibility index (Phi) is 6.65. The number of furan rings is 1. The maximum atomic E-state index is 13.4. The predicted molar refractivity (Wildman–Crippen MR) is 129 cm³/mol. The molecular formula is C25H27N3O5S. The molecule has 3 heterocycles. The summed E-state index contributed by atoms with van der Waals surface area (Å²) in [6, 6.07) is 10.6. The van der Waals surface area contributed by atoms with Gasteiger partial charge >= 0.3 is 0 Å². The summed E-state index contributed by atoms with van der Waals surface area (Å²) in [5.74, 6) is 0.873. The van der Waals surface area contributed by atoms with Crippen molar-refractivity contribution in [2.75, 3.05) is 19.4 Å². The van der Waals surface area contributed by atoms with Crippen LogP contribution in [0, 0.1) is 5.41 Å². The molecule has 4 rings (SSSR count). The van der Waals surface area contributed by atoms with E-state index in [1.807, 2.05) is 51.1 Å². The third-order valence-corrected chi connectivity index (χ3v) is 6.68. The average molecular weight is 482 g/mol. The fourth-order valence-electron chi connectivity index (χ4n) is 3.64. The normalized spacial score (nSPS) is 19.6. The third kappa shape index (κ3) is 4.94. The first kappa shape index (κ1) is 23.8. The van der Waals surface area contributed by atoms with E-state index >= 15 is 0 Å². The number of ketones is 1. The van der Waals surface area contributed by atoms with Crippen LogP contribution in [0.2, 0.25) is 0 Å². The van der Waals surface area contributed by atoms with Crippen molar-refractivity contribution >= 4 is 35.1 Å². The molecule has 0 aliphatic carbocycles. The summed E-state index contributed by atoms with van der Waals surface area (Å²) in [7, 11) is 1.60. The summed E-state index contributed by atoms with van der Waals surface area (Å²) in [4.78, 5) is 39.8. The molecule has 1 unspecified atom stereocenters. The highest BCUT2D eigenvalue weighted by molar-refractivity contribution is 8.04. The summed E-state index contributed by atoms with van der Waals surface area (Å²) >= 11 is 1.27. The zero-order valence-corrected chi connectivity index (χ0v) is 20.4. The number of hydrazone groups is 1. The van der Waals surface area contributed by atoms with Gasteiger partial charge in [0, 0.05) is 17.9 Å². The smallest absolute Gasteiger partial charge is 0.263 e. The number of carbonyl (C=O) groups excluding carboxylic acids is 3. The van der Waals surface area contributed by atoms with Crippen molar-refractivity contribution in [1.82, 2.24) is 9.91 Å². The first-order valence-corrected chi connectivity index (χ1v) is 11.9. The van der Waals surface area contributed by atoms with E-state index in [-0.39, 0.29) is 29.9 Å². The fourth-order valence-corrected chi connectivity index (χ4v) is 4.58. The lowest BCUT2D eigenvalue weighted by atomic mass is 9.91. The molecular weight excluding hydrogens is 454 g/mol. The number of rotatable bonds is 6. The molecule has 0 N–H and O–H groups in total. The number of ether oxygens (including phenoxy) is 1. The van der Waals surface area contributed by atoms with Crippen LogP contribution in [0.5, 0.6) is 5.75 Å². The van der Waals surface area contributed by atoms with E-state index in [4.69, 9.17) is 9.15 Å². The van der Waals surface area contributed by atoms with Crippen molar-refractivity contribution in [3.63, 3.8) is 0 Å². The molecule has 0 spiro atoms. The van der Waals surface area contributed by atoms with E-state index in [9.17, 15) is 14.4 Å². The molecule has 1 saturated heterocycles. The molecule has 2 aromatic rings. The zero-order valence-electron chi connectivity index (χ0n) is 19.6. The largest absolute Gasteiger partial charge is 0.497 e. The Morgan fingerprint density at radius 1 is 1.24 bits per heavy atom. The van der Waals surface area contributed by atoms with Crippen molar-refractivity contribution in [3.05, 3.63) is 65.1 Å². The van der Waals surface area contributed by atoms with Gasteiger partial charge in [-0.1, -0.05) is 32.5 Å². The van der Waals surface area contributed by atoms with Gasteiger partial charge in [-0.2, -0.15) is 5.10 Å². The second kappa shape index (κ2) is 9.50. The van der Waals surface area contributed by atoms with E-state index in [0.717, 1.165) is 17.0 Å². The molecule has 0 saturated carbocycles. The van der Waals surface area contributed by atoms with Gasteiger partial charge < -0.3 is 9.15 Å². The van der Waals surface area contributed by atoms with Crippen LogP contribution in [0.25, 0.3) is 0 Å². The number of hydrogen-bond acceptors (Lipinski definition) is 7. The molecule has 0 bridgehead atoms. The van der Waals surface area contributed by atoms with Gasteiger partial charge in [0.15, 0.2) is 5.78 Å². The van der Waals surface area contributed by atoms with Crippen LogP contribution < -0.4 is 4.74 Å². The molecule has 2 aliphatic heterocycles. The number of thioether (sulfide) groups is 1. The summed E-state index contributed by atoms with van der Waals surface area (Å²) in [5, 5.41) is 6.49. The first-order chi connectivity index (χ1) is 16.2. The molecule has 1 atom stereocenters. The van der Waals surface area contributed by atoms with Crippen LogP contribution >= 0.6 is 11.8 Å². The highest BCUT2D eigenvalue weighted by Gasteiger charge is 2.38. The molecule has 1 fully saturated rings. The SMILES string of the molecule is COc1ccc(C2=NN(C(=O)CN3C(=O)CS/C3=C\C(=O)C(C)(C)C)C(c3ccco3)C2)cc1. The Labute approximate surface area is 202 Å². The number of carbonyl (C=O) groups is 3. The van der Waals surface area contributed by atoms with Crippen molar-refractivity contribution in [1.29, 1.82) is 0 Å². The van der Waals surface area contributed by atoms with Crippen molar-refractivity contribution < 1.29 is 23.5 Å². The maximum Gasteiger partial charge on any atom is 0.263 e. The Balaban J connectivity index is 1.59. The summed E-state index contributed by atoms with van der Waals surface area (Å²) in [5.41, 5.74) is 1.03. The van der Waals surface area contributed by atoms with E-state index in [1.54, 1.807) is 19.4 Å². The standard InChI is InChI=1S/C25H27N3O5S/c1-25(2,3)21(29)13-24-27(23(31)15-34-24)14-22(30)28-19(20-6-5-11-33-20)12-18(26-28)16-7-9-17(32-4)10-8-16/h5-11,13,19H,12,14-15H2,1-4H3/b24-13-. The van der Waals surface area contributed by atoms with Gasteiger partial charge in [0.05, 0.1) is 29.9 Å². The number of amides is 2. The highest BCUT2D eigenvalue weighted by atomic mass is 32.2. The first-order valence-electron chi connectivity index (χ1n) is 10.9. The molecule has 9 heteroatoms. The second-order valence-electron chi connectivity index (χ2n) is 9.11. The third-order valence-electron chi connectivity index (χ3n) is 5.66. The number of nitrogens with zero attached hydrogens (tertiary/aromatic N) is 3. The number of hydrogen-bond donors (Lipinski definition) is 0. The topological polar surface area (TPSA) is 92.4 Å². The number of benzene rings is 1. The minimum atomic E-state index is -0.578. The van der Waals surface area contributed by atoms with Gasteiger partial charge in [0.2, 0.25) is 5.91 Å². The summed E-state index contributed by atoms with van der Waals surface area (Å²) in [6.45, 7) is 5.25. The fraction of sp³-hybridized carbons (Fsp3) is 0.360. The molecule has 0 radical (unpaired) electrons. The van der Waals surface area contributed by atoms with Gasteiger partial charge in [-0.3, -0.25) is 19.3 Å². The molecule has 2 aliphatic rings. The molecule has 8 nitrogen and oxygen atoms in total. The van der Waals surface area contributed by atoms with E-state index in [1.165, 1.54) is 27.7 Å². The van der Waals surface area contributed by atoms with Gasteiger partial charge in [-0.05, 0) is 42.0 Å². The van der Waals surface area contributed by atoms with Crippen LogP contribution in [0.1, 0.15) is 44.6 Å². The molecule has 34 heavy (non-hydrogen) atoms. The van der Waals surface area contributed by atoms with Crippen LogP contribution in [0.3, 0.4) is 0 Å². The average Bonchev–Trinajstić information content (AvgIpc) is 3.55. The van der Waals surface area contributed by atoms with Gasteiger partial charge in [-0.25, -0.2) is 5.01 Å². The molecule has 1 aromatic heterocycles. The molecule has 2 amide bonds. The maximum absolute atomic E-state index is 13.4. The van der Waals surface area contributed by atoms with E-state index < -0.39 is 11.5 Å². The Bertz CT molecular complexity index is 1150. The minimum absolute atomic E-state index is 0.100. The lowest BCUT2D eigenvalue weighted by Gasteiger charge is -2.24. The second-order valence-corrected chi connectivity index (χ2v) is 10.1. The van der Waals surface area contributed by atoms with Crippen molar-refractivity contribution in [2.24, 2.45) is 10.5 Å². The quantitative estimate of drug-likeness (QED) is 0.579. The van der Waals surface area contributed by atoms with Gasteiger partial charge in [0.25, 0.3) is 5.91 Å². The highest BCUT2D eigenvalue weighted by Crippen LogP contribution is 2.35. The van der Waals surface area contributed by atoms with Crippen molar-refractivity contribution in [3.8, 4) is 5.75 Å². The number of allylic oxidation sites excluding steroid dienone is 1. The Morgan fingerprint density at radius 2 is 1.97 bits per heavy atom. The van der Waals surface area contributed by atoms with Crippen LogP contribution in [-0.2, 0) is 14.4 Å². The van der Waals surface area contributed by atoms with Crippen LogP contribution in [0.4, 0.5) is 0 Å². The molecule has 1 aromatic carbocycles. The lowest BCUT2D eigenvalue weighted by molar-refractivity contribution is -0.138. The summed E-state index contributed by atoms with van der Waals surface area (Å²) < 4.78 is 10.8. The lowest BCUT2D eigenvalue weighted by Crippen LogP contribution is -2.38. The van der Waals surface area contributed by atoms with E-state index in [0.29, 0.717) is 17.2 Å². The summed E-state index contributed by atoms with van der Waals surface area (Å²) in [6.07, 6.45) is 3.49. The van der Waals surface area contributed by atoms with Gasteiger partial charge in [0.1, 0.15) is 24.1 Å². The van der Waals surface area contributed by atoms with E-state index in [2.05, 4.69) is 5.10 Å². The monoisotopic (exact) mass is 481 g/mol.